The summed E-state index contributed by atoms with van der Waals surface area (Å²) in [4.78, 5) is 18.1. The van der Waals surface area contributed by atoms with Crippen molar-refractivity contribution in [3.63, 3.8) is 0 Å². The molecule has 1 aliphatic heterocycles. The molecule has 1 unspecified atom stereocenters. The lowest BCUT2D eigenvalue weighted by atomic mass is 10.1. The van der Waals surface area contributed by atoms with E-state index < -0.39 is 0 Å². The Morgan fingerprint density at radius 3 is 2.95 bits per heavy atom. The summed E-state index contributed by atoms with van der Waals surface area (Å²) in [7, 11) is 0. The van der Waals surface area contributed by atoms with Gasteiger partial charge in [0.2, 0.25) is 5.91 Å². The molecule has 0 bridgehead atoms. The molecule has 0 aliphatic carbocycles. The molecule has 104 valence electrons. The highest BCUT2D eigenvalue weighted by molar-refractivity contribution is 5.84. The van der Waals surface area contributed by atoms with Gasteiger partial charge in [-0.05, 0) is 11.5 Å². The van der Waals surface area contributed by atoms with Crippen molar-refractivity contribution in [2.75, 3.05) is 19.7 Å². The highest BCUT2D eigenvalue weighted by atomic mass is 16.3. The number of aromatic nitrogens is 1. The summed E-state index contributed by atoms with van der Waals surface area (Å²) in [5, 5.41) is 11.5. The normalized spacial score (nSPS) is 18.9. The molecule has 1 atom stereocenters. The van der Waals surface area contributed by atoms with Gasteiger partial charge in [-0.25, -0.2) is 0 Å². The average molecular weight is 270 g/mol. The van der Waals surface area contributed by atoms with E-state index in [0.717, 1.165) is 17.5 Å². The first-order chi connectivity index (χ1) is 9.78. The van der Waals surface area contributed by atoms with Gasteiger partial charge >= 0.3 is 0 Å². The third-order valence-corrected chi connectivity index (χ3v) is 3.93. The second-order valence-corrected chi connectivity index (χ2v) is 5.32. The van der Waals surface area contributed by atoms with Crippen LogP contribution in [0.25, 0.3) is 10.8 Å². The van der Waals surface area contributed by atoms with E-state index in [1.807, 2.05) is 29.3 Å². The van der Waals surface area contributed by atoms with E-state index in [4.69, 9.17) is 5.11 Å². The highest BCUT2D eigenvalue weighted by Crippen LogP contribution is 2.20. The van der Waals surface area contributed by atoms with E-state index in [0.29, 0.717) is 19.5 Å². The fourth-order valence-electron chi connectivity index (χ4n) is 2.81. The monoisotopic (exact) mass is 270 g/mol. The second kappa shape index (κ2) is 5.59. The van der Waals surface area contributed by atoms with Crippen molar-refractivity contribution in [3.05, 3.63) is 42.2 Å². The van der Waals surface area contributed by atoms with Crippen LogP contribution >= 0.6 is 0 Å². The summed E-state index contributed by atoms with van der Waals surface area (Å²) in [6, 6.07) is 10.2. The number of carbonyl (C=O) groups excluding carboxylic acids is 1. The van der Waals surface area contributed by atoms with Gasteiger partial charge in [0, 0.05) is 55.7 Å². The Hall–Kier alpha value is -1.94. The number of rotatable bonds is 4. The maximum Gasteiger partial charge on any atom is 0.223 e. The van der Waals surface area contributed by atoms with Crippen LogP contribution in [0.5, 0.6) is 0 Å². The molecule has 1 amide bonds. The minimum Gasteiger partial charge on any atom is -0.396 e. The first-order valence-electron chi connectivity index (χ1n) is 6.99. The molecule has 1 aromatic carbocycles. The fourth-order valence-corrected chi connectivity index (χ4v) is 2.81. The molecule has 2 heterocycles. The third-order valence-electron chi connectivity index (χ3n) is 3.93. The molecule has 0 saturated carbocycles. The van der Waals surface area contributed by atoms with Crippen LogP contribution < -0.4 is 0 Å². The SMILES string of the molecule is O=C1CC(CO)CN1CCc1nccc2ccccc12. The van der Waals surface area contributed by atoms with Crippen LogP contribution in [0, 0.1) is 5.92 Å². The molecule has 4 nitrogen and oxygen atoms in total. The molecule has 1 aliphatic rings. The van der Waals surface area contributed by atoms with Gasteiger partial charge in [-0.2, -0.15) is 0 Å². The maximum atomic E-state index is 11.8. The standard InChI is InChI=1S/C16H18N2O2/c19-11-12-9-16(20)18(10-12)8-6-15-14-4-2-1-3-13(14)5-7-17-15/h1-5,7,12,19H,6,8-11H2. The number of amides is 1. The van der Waals surface area contributed by atoms with Gasteiger partial charge in [0.1, 0.15) is 0 Å². The minimum absolute atomic E-state index is 0.0920. The van der Waals surface area contributed by atoms with E-state index in [-0.39, 0.29) is 18.4 Å². The summed E-state index contributed by atoms with van der Waals surface area (Å²) < 4.78 is 0. The Bertz CT molecular complexity index is 621. The van der Waals surface area contributed by atoms with Crippen molar-refractivity contribution < 1.29 is 9.90 Å². The zero-order valence-electron chi connectivity index (χ0n) is 11.3. The van der Waals surface area contributed by atoms with E-state index in [1.54, 1.807) is 0 Å². The topological polar surface area (TPSA) is 53.4 Å². The van der Waals surface area contributed by atoms with Crippen molar-refractivity contribution in [1.82, 2.24) is 9.88 Å². The Morgan fingerprint density at radius 2 is 2.15 bits per heavy atom. The molecule has 1 aromatic heterocycles. The van der Waals surface area contributed by atoms with Crippen molar-refractivity contribution in [2.24, 2.45) is 5.92 Å². The van der Waals surface area contributed by atoms with E-state index >= 15 is 0 Å². The lowest BCUT2D eigenvalue weighted by Gasteiger charge is -2.16. The molecule has 20 heavy (non-hydrogen) atoms. The number of benzene rings is 1. The number of aliphatic hydroxyl groups excluding tert-OH is 1. The van der Waals surface area contributed by atoms with Gasteiger partial charge in [0.25, 0.3) is 0 Å². The number of hydrogen-bond donors (Lipinski definition) is 1. The number of hydrogen-bond acceptors (Lipinski definition) is 3. The highest BCUT2D eigenvalue weighted by Gasteiger charge is 2.28. The second-order valence-electron chi connectivity index (χ2n) is 5.32. The Labute approximate surface area is 118 Å². The van der Waals surface area contributed by atoms with Gasteiger partial charge in [0.05, 0.1) is 0 Å². The van der Waals surface area contributed by atoms with Gasteiger partial charge < -0.3 is 10.0 Å². The first-order valence-corrected chi connectivity index (χ1v) is 6.99. The molecule has 4 heteroatoms. The van der Waals surface area contributed by atoms with E-state index in [9.17, 15) is 4.79 Å². The maximum absolute atomic E-state index is 11.8. The molecule has 0 radical (unpaired) electrons. The number of pyridine rings is 1. The molecule has 1 saturated heterocycles. The Kier molecular flexibility index (Phi) is 3.65. The van der Waals surface area contributed by atoms with Crippen molar-refractivity contribution in [2.45, 2.75) is 12.8 Å². The average Bonchev–Trinajstić information content (AvgIpc) is 2.85. The largest absolute Gasteiger partial charge is 0.396 e. The van der Waals surface area contributed by atoms with Crippen LogP contribution in [0.2, 0.25) is 0 Å². The van der Waals surface area contributed by atoms with E-state index in [2.05, 4.69) is 17.1 Å². The number of fused-ring (bicyclic) bond motifs is 1. The third kappa shape index (κ3) is 2.51. The van der Waals surface area contributed by atoms with Gasteiger partial charge in [0.15, 0.2) is 0 Å². The van der Waals surface area contributed by atoms with Crippen LogP contribution in [0.15, 0.2) is 36.5 Å². The van der Waals surface area contributed by atoms with Crippen LogP contribution in [0.1, 0.15) is 12.1 Å². The number of nitrogens with zero attached hydrogens (tertiary/aromatic N) is 2. The van der Waals surface area contributed by atoms with Crippen molar-refractivity contribution in [3.8, 4) is 0 Å². The lowest BCUT2D eigenvalue weighted by Crippen LogP contribution is -2.28. The Balaban J connectivity index is 1.73. The Morgan fingerprint density at radius 1 is 1.30 bits per heavy atom. The molecule has 2 aromatic rings. The fraction of sp³-hybridized carbons (Fsp3) is 0.375. The van der Waals surface area contributed by atoms with Crippen LogP contribution in [-0.2, 0) is 11.2 Å². The summed E-state index contributed by atoms with van der Waals surface area (Å²) in [5.41, 5.74) is 1.03. The first kappa shape index (κ1) is 13.1. The molecular weight excluding hydrogens is 252 g/mol. The van der Waals surface area contributed by atoms with Gasteiger partial charge in [-0.1, -0.05) is 24.3 Å². The minimum atomic E-state index is 0.0920. The van der Waals surface area contributed by atoms with Crippen molar-refractivity contribution in [1.29, 1.82) is 0 Å². The quantitative estimate of drug-likeness (QED) is 0.918. The molecular formula is C16H18N2O2. The number of carbonyl (C=O) groups is 1. The molecule has 3 rings (SSSR count). The van der Waals surface area contributed by atoms with Gasteiger partial charge in [-0.15, -0.1) is 0 Å². The summed E-state index contributed by atoms with van der Waals surface area (Å²) in [6.07, 6.45) is 3.05. The zero-order valence-corrected chi connectivity index (χ0v) is 11.3. The molecule has 0 spiro atoms. The lowest BCUT2D eigenvalue weighted by molar-refractivity contribution is -0.127. The molecule has 1 fully saturated rings. The summed E-state index contributed by atoms with van der Waals surface area (Å²) >= 11 is 0. The smallest absolute Gasteiger partial charge is 0.223 e. The summed E-state index contributed by atoms with van der Waals surface area (Å²) in [6.45, 7) is 1.44. The summed E-state index contributed by atoms with van der Waals surface area (Å²) in [5.74, 6) is 0.243. The molecule has 1 N–H and O–H groups in total. The predicted octanol–water partition coefficient (Wildman–Crippen LogP) is 1.62. The van der Waals surface area contributed by atoms with E-state index in [1.165, 1.54) is 5.39 Å². The van der Waals surface area contributed by atoms with Crippen LogP contribution in [-0.4, -0.2) is 40.6 Å². The zero-order chi connectivity index (χ0) is 13.9. The van der Waals surface area contributed by atoms with Gasteiger partial charge in [-0.3, -0.25) is 9.78 Å². The number of aliphatic hydroxyl groups is 1. The van der Waals surface area contributed by atoms with Crippen LogP contribution in [0.4, 0.5) is 0 Å². The number of likely N-dealkylation sites (tertiary alicyclic amines) is 1. The van der Waals surface area contributed by atoms with Crippen LogP contribution in [0.3, 0.4) is 0 Å². The predicted molar refractivity (Wildman–Crippen MR) is 77.2 cm³/mol. The van der Waals surface area contributed by atoms with Crippen molar-refractivity contribution >= 4 is 16.7 Å².